The Kier molecular flexibility index (Phi) is 6.85. The van der Waals surface area contributed by atoms with E-state index in [2.05, 4.69) is 11.1 Å². The Morgan fingerprint density at radius 2 is 2.25 bits per heavy atom. The molecule has 1 saturated heterocycles. The molecule has 6 heteroatoms. The highest BCUT2D eigenvalue weighted by Crippen LogP contribution is 2.29. The van der Waals surface area contributed by atoms with E-state index in [0.717, 1.165) is 24.9 Å². The lowest BCUT2D eigenvalue weighted by Gasteiger charge is -2.33. The van der Waals surface area contributed by atoms with Crippen molar-refractivity contribution in [3.63, 3.8) is 0 Å². The first-order valence-electron chi connectivity index (χ1n) is 9.57. The van der Waals surface area contributed by atoms with E-state index in [4.69, 9.17) is 14.7 Å². The van der Waals surface area contributed by atoms with Gasteiger partial charge >= 0.3 is 0 Å². The molecule has 0 N–H and O–H groups in total. The normalized spacial score (nSPS) is 16.3. The minimum Gasteiger partial charge on any atom is -0.493 e. The molecular weight excluding hydrogens is 354 g/mol. The highest BCUT2D eigenvalue weighted by molar-refractivity contribution is 5.76. The Balaban J connectivity index is 1.51. The molecule has 28 heavy (non-hydrogen) atoms. The minimum absolute atomic E-state index is 0.185. The maximum absolute atomic E-state index is 12.6. The number of carbonyl (C=O) groups is 1. The number of pyridine rings is 1. The number of nitriles is 1. The van der Waals surface area contributed by atoms with Crippen LogP contribution in [0.25, 0.3) is 0 Å². The summed E-state index contributed by atoms with van der Waals surface area (Å²) >= 11 is 0. The molecule has 1 amide bonds. The van der Waals surface area contributed by atoms with E-state index in [1.807, 2.05) is 23.2 Å². The molecule has 2 heterocycles. The lowest BCUT2D eigenvalue weighted by molar-refractivity contribution is -0.133. The van der Waals surface area contributed by atoms with Crippen LogP contribution in [-0.2, 0) is 11.2 Å². The number of piperidine rings is 1. The van der Waals surface area contributed by atoms with E-state index in [9.17, 15) is 4.79 Å². The number of methoxy groups -OCH3 is 1. The van der Waals surface area contributed by atoms with E-state index >= 15 is 0 Å². The van der Waals surface area contributed by atoms with Gasteiger partial charge in [-0.25, -0.2) is 0 Å². The van der Waals surface area contributed by atoms with Crippen LogP contribution in [0.15, 0.2) is 42.7 Å². The number of nitrogens with zero attached hydrogens (tertiary/aromatic N) is 3. The molecule has 0 bridgehead atoms. The lowest BCUT2D eigenvalue weighted by atomic mass is 9.98. The largest absolute Gasteiger partial charge is 0.493 e. The zero-order valence-electron chi connectivity index (χ0n) is 16.1. The van der Waals surface area contributed by atoms with Gasteiger partial charge in [0.15, 0.2) is 11.5 Å². The first kappa shape index (κ1) is 19.7. The Labute approximate surface area is 165 Å². The number of hydrogen-bond donors (Lipinski definition) is 0. The second-order valence-corrected chi connectivity index (χ2v) is 7.00. The van der Waals surface area contributed by atoms with Gasteiger partial charge in [-0.15, -0.1) is 0 Å². The molecule has 1 aromatic carbocycles. The monoisotopic (exact) mass is 379 g/mol. The number of benzene rings is 1. The fraction of sp³-hybridized carbons (Fsp3) is 0.409. The van der Waals surface area contributed by atoms with E-state index < -0.39 is 0 Å². The van der Waals surface area contributed by atoms with Gasteiger partial charge in [0.1, 0.15) is 0 Å². The van der Waals surface area contributed by atoms with Gasteiger partial charge in [0.25, 0.3) is 0 Å². The lowest BCUT2D eigenvalue weighted by Crippen LogP contribution is -2.41. The zero-order valence-corrected chi connectivity index (χ0v) is 16.1. The van der Waals surface area contributed by atoms with Crippen LogP contribution in [0.1, 0.15) is 30.4 Å². The summed E-state index contributed by atoms with van der Waals surface area (Å²) in [6.45, 7) is 2.04. The average Bonchev–Trinajstić information content (AvgIpc) is 2.76. The summed E-state index contributed by atoms with van der Waals surface area (Å²) in [7, 11) is 1.56. The molecule has 3 rings (SSSR count). The van der Waals surface area contributed by atoms with Crippen LogP contribution in [0.3, 0.4) is 0 Å². The first-order valence-corrected chi connectivity index (χ1v) is 9.57. The quantitative estimate of drug-likeness (QED) is 0.738. The molecule has 2 aromatic rings. The maximum atomic E-state index is 12.6. The smallest absolute Gasteiger partial charge is 0.222 e. The standard InChI is InChI=1S/C22H25N3O3/c1-27-21-12-18(13-23)6-8-20(21)28-16-19-5-3-11-25(15-19)22(26)9-7-17-4-2-10-24-14-17/h2,4,6,8,10,12,14,19H,3,5,7,9,11,15-16H2,1H3. The Hall–Kier alpha value is -3.07. The van der Waals surface area contributed by atoms with Crippen molar-refractivity contribution >= 4 is 5.91 Å². The Morgan fingerprint density at radius 3 is 3.00 bits per heavy atom. The van der Waals surface area contributed by atoms with Crippen molar-refractivity contribution in [1.82, 2.24) is 9.88 Å². The average molecular weight is 379 g/mol. The van der Waals surface area contributed by atoms with Crippen molar-refractivity contribution in [3.8, 4) is 17.6 Å². The van der Waals surface area contributed by atoms with Crippen LogP contribution < -0.4 is 9.47 Å². The maximum Gasteiger partial charge on any atom is 0.222 e. The van der Waals surface area contributed by atoms with Crippen molar-refractivity contribution in [1.29, 1.82) is 5.26 Å². The molecule has 1 fully saturated rings. The summed E-state index contributed by atoms with van der Waals surface area (Å²) in [4.78, 5) is 18.6. The van der Waals surface area contributed by atoms with Crippen LogP contribution in [0.5, 0.6) is 11.5 Å². The number of carbonyl (C=O) groups excluding carboxylic acids is 1. The molecule has 1 aromatic heterocycles. The molecule has 146 valence electrons. The molecule has 1 unspecified atom stereocenters. The van der Waals surface area contributed by atoms with Gasteiger partial charge in [-0.1, -0.05) is 6.07 Å². The molecule has 1 aliphatic rings. The second-order valence-electron chi connectivity index (χ2n) is 7.00. The molecule has 1 aliphatic heterocycles. The predicted octanol–water partition coefficient (Wildman–Crippen LogP) is 3.21. The molecule has 0 aliphatic carbocycles. The molecule has 0 spiro atoms. The van der Waals surface area contributed by atoms with Crippen LogP contribution in [0.2, 0.25) is 0 Å². The summed E-state index contributed by atoms with van der Waals surface area (Å²) in [6.07, 6.45) is 6.78. The highest BCUT2D eigenvalue weighted by Gasteiger charge is 2.24. The number of likely N-dealkylation sites (tertiary alicyclic amines) is 1. The van der Waals surface area contributed by atoms with Gasteiger partial charge in [-0.3, -0.25) is 9.78 Å². The number of amides is 1. The topological polar surface area (TPSA) is 75.5 Å². The van der Waals surface area contributed by atoms with E-state index in [1.54, 1.807) is 31.5 Å². The number of aryl methyl sites for hydroxylation is 1. The number of rotatable bonds is 7. The second kappa shape index (κ2) is 9.75. The van der Waals surface area contributed by atoms with Gasteiger partial charge < -0.3 is 14.4 Å². The van der Waals surface area contributed by atoms with Crippen LogP contribution >= 0.6 is 0 Å². The first-order chi connectivity index (χ1) is 13.7. The van der Waals surface area contributed by atoms with Gasteiger partial charge in [0.2, 0.25) is 5.91 Å². The molecular formula is C22H25N3O3. The summed E-state index contributed by atoms with van der Waals surface area (Å²) in [5.74, 6) is 1.65. The van der Waals surface area contributed by atoms with Crippen molar-refractivity contribution in [2.24, 2.45) is 5.92 Å². The van der Waals surface area contributed by atoms with Crippen molar-refractivity contribution in [2.75, 3.05) is 26.8 Å². The molecule has 0 radical (unpaired) electrons. The fourth-order valence-corrected chi connectivity index (χ4v) is 3.45. The van der Waals surface area contributed by atoms with Gasteiger partial charge in [-0.05, 0) is 43.0 Å². The molecule has 0 saturated carbocycles. The van der Waals surface area contributed by atoms with E-state index in [-0.39, 0.29) is 11.8 Å². The van der Waals surface area contributed by atoms with Crippen LogP contribution in [-0.4, -0.2) is 42.6 Å². The number of hydrogen-bond acceptors (Lipinski definition) is 5. The molecule has 6 nitrogen and oxygen atoms in total. The number of ether oxygens (including phenoxy) is 2. The summed E-state index contributed by atoms with van der Waals surface area (Å²) in [6, 6.07) is 11.1. The molecule has 1 atom stereocenters. The van der Waals surface area contributed by atoms with Crippen LogP contribution in [0.4, 0.5) is 0 Å². The summed E-state index contributed by atoms with van der Waals surface area (Å²) in [5, 5.41) is 8.99. The minimum atomic E-state index is 0.185. The SMILES string of the molecule is COc1cc(C#N)ccc1OCC1CCCN(C(=O)CCc2cccnc2)C1. The van der Waals surface area contributed by atoms with Crippen LogP contribution in [0, 0.1) is 17.2 Å². The van der Waals surface area contributed by atoms with Crippen molar-refractivity contribution < 1.29 is 14.3 Å². The van der Waals surface area contributed by atoms with E-state index in [0.29, 0.717) is 43.1 Å². The third kappa shape index (κ3) is 5.23. The summed E-state index contributed by atoms with van der Waals surface area (Å²) < 4.78 is 11.3. The van der Waals surface area contributed by atoms with Gasteiger partial charge in [0.05, 0.1) is 25.3 Å². The fourth-order valence-electron chi connectivity index (χ4n) is 3.45. The van der Waals surface area contributed by atoms with E-state index in [1.165, 1.54) is 0 Å². The van der Waals surface area contributed by atoms with Gasteiger partial charge in [-0.2, -0.15) is 5.26 Å². The van der Waals surface area contributed by atoms with Crippen molar-refractivity contribution in [2.45, 2.75) is 25.7 Å². The predicted molar refractivity (Wildman–Crippen MR) is 105 cm³/mol. The third-order valence-corrected chi connectivity index (χ3v) is 4.99. The Morgan fingerprint density at radius 1 is 1.36 bits per heavy atom. The number of aromatic nitrogens is 1. The summed E-state index contributed by atoms with van der Waals surface area (Å²) in [5.41, 5.74) is 1.62. The zero-order chi connectivity index (χ0) is 19.8. The van der Waals surface area contributed by atoms with Gasteiger partial charge in [0, 0.05) is 43.9 Å². The Bertz CT molecular complexity index is 833. The highest BCUT2D eigenvalue weighted by atomic mass is 16.5. The third-order valence-electron chi connectivity index (χ3n) is 4.99. The van der Waals surface area contributed by atoms with Crippen molar-refractivity contribution in [3.05, 3.63) is 53.9 Å².